The van der Waals surface area contributed by atoms with Crippen molar-refractivity contribution < 1.29 is 8.78 Å². The fraction of sp³-hybridized carbons (Fsp3) is 0.494. The summed E-state index contributed by atoms with van der Waals surface area (Å²) in [4.78, 5) is 0. The van der Waals surface area contributed by atoms with Crippen LogP contribution in [0.15, 0.2) is 97.6 Å². The van der Waals surface area contributed by atoms with Crippen LogP contribution in [0.3, 0.4) is 0 Å². The third-order valence-corrected chi connectivity index (χ3v) is 19.7. The zero-order chi connectivity index (χ0) is 71.3. The van der Waals surface area contributed by atoms with Crippen LogP contribution in [0.25, 0.3) is 65.4 Å². The predicted molar refractivity (Wildman–Crippen MR) is 404 cm³/mol. The normalized spacial score (nSPS) is 15.4. The fourth-order valence-electron chi connectivity index (χ4n) is 15.0. The fourth-order valence-corrected chi connectivity index (χ4v) is 15.0. The Labute approximate surface area is 580 Å². The van der Waals surface area contributed by atoms with Crippen molar-refractivity contribution in [3.05, 3.63) is 171 Å². The smallest absolute Gasteiger partial charge is 0.153 e. The standard InChI is InChI=1S/2C15H20N2.C14H17FN2.C14H19N3.C13H18N2.C12H15FN2/c1-9-5-8-11-12(13(9)15(2,3)4)14(17-16-11)10-6-7-10;1-10-5-6-11-9-16-17(12-7-8-12)14(11)13(10)15(2,3)4;1-14(2,3)12-11(15)7-4-9-8-16-17(13(9)12)10-5-6-10;1-14(2,3)12-9(8-4-5-8)6-7-10-11(12)13(15)17-16-10;1-9-6-7-10-8-14-15(5)12(10)11(9)13(2,3)4;1-12(2,3)10-9(13)6-5-8-7-14-15(4)11(8)10/h5,8,10H,6-7H2,1-4H3,(H,16,17);5-6,9,12H,7-8H2,1-4H3;4,7-8,10H,5-6H2,1-3H3;6-8H,4-5H2,1-3H3,(H3,15,16,17);6-8H,1-5H3;5-7H,1-4H3. The quantitative estimate of drug-likeness (QED) is 0.158. The minimum Gasteiger partial charge on any atom is -0.382 e. The lowest BCUT2D eigenvalue weighted by Crippen LogP contribution is -2.16. The van der Waals surface area contributed by atoms with Gasteiger partial charge in [-0.3, -0.25) is 28.9 Å². The highest BCUT2D eigenvalue weighted by molar-refractivity contribution is 5.94. The maximum absolute atomic E-state index is 14.1. The predicted octanol–water partition coefficient (Wildman–Crippen LogP) is 21.3. The monoisotopic (exact) mass is 1330 g/mol. The summed E-state index contributed by atoms with van der Waals surface area (Å²) < 4.78 is 35.9. The molecule has 0 saturated heterocycles. The number of aromatic nitrogens is 12. The molecule has 4 aliphatic carbocycles. The molecule has 0 radical (unpaired) electrons. The van der Waals surface area contributed by atoms with Crippen LogP contribution in [0.5, 0.6) is 0 Å². The van der Waals surface area contributed by atoms with Gasteiger partial charge in [-0.1, -0.05) is 161 Å². The molecule has 6 aromatic carbocycles. The van der Waals surface area contributed by atoms with Crippen molar-refractivity contribution in [1.82, 2.24) is 59.5 Å². The highest BCUT2D eigenvalue weighted by Crippen LogP contribution is 2.49. The van der Waals surface area contributed by atoms with E-state index in [2.05, 4.69) is 219 Å². The molecule has 520 valence electrons. The van der Waals surface area contributed by atoms with Crippen LogP contribution in [0, 0.1) is 32.4 Å². The Balaban J connectivity index is 0.000000119. The molecule has 0 amide bonds. The maximum Gasteiger partial charge on any atom is 0.153 e. The largest absolute Gasteiger partial charge is 0.382 e. The van der Waals surface area contributed by atoms with Gasteiger partial charge < -0.3 is 5.73 Å². The zero-order valence-corrected chi connectivity index (χ0v) is 63.0. The number of aryl methyl sites for hydroxylation is 5. The number of aromatic amines is 2. The second kappa shape index (κ2) is 26.1. The minimum atomic E-state index is -0.211. The van der Waals surface area contributed by atoms with E-state index in [1.807, 2.05) is 68.9 Å². The molecule has 6 heterocycles. The molecule has 0 atom stereocenters. The first kappa shape index (κ1) is 71.1. The summed E-state index contributed by atoms with van der Waals surface area (Å²) in [7, 11) is 3.86. The molecule has 0 unspecified atom stereocenters. The summed E-state index contributed by atoms with van der Waals surface area (Å²) >= 11 is 0. The number of hydrogen-bond donors (Lipinski definition) is 3. The van der Waals surface area contributed by atoms with E-state index >= 15 is 0 Å². The molecular formula is C83H109F2N13. The number of anilines is 1. The van der Waals surface area contributed by atoms with E-state index in [9.17, 15) is 8.78 Å². The van der Waals surface area contributed by atoms with Gasteiger partial charge >= 0.3 is 0 Å². The molecule has 16 rings (SSSR count). The Kier molecular flexibility index (Phi) is 19.0. The number of nitrogens with one attached hydrogen (secondary N) is 2. The van der Waals surface area contributed by atoms with E-state index < -0.39 is 0 Å². The number of benzene rings is 6. The molecule has 4 N–H and O–H groups in total. The van der Waals surface area contributed by atoms with Gasteiger partial charge in [0, 0.05) is 69.2 Å². The first-order chi connectivity index (χ1) is 45.7. The molecule has 0 spiro atoms. The Morgan fingerprint density at radius 3 is 1.20 bits per heavy atom. The third kappa shape index (κ3) is 14.7. The maximum atomic E-state index is 14.1. The van der Waals surface area contributed by atoms with Crippen LogP contribution in [0.4, 0.5) is 14.6 Å². The Hall–Kier alpha value is -8.20. The van der Waals surface area contributed by atoms with Crippen LogP contribution in [-0.4, -0.2) is 59.5 Å². The van der Waals surface area contributed by atoms with E-state index in [4.69, 9.17) is 5.73 Å². The molecular weight excluding hydrogens is 1220 g/mol. The molecule has 4 fully saturated rings. The molecule has 13 nitrogen and oxygen atoms in total. The molecule has 0 aliphatic heterocycles. The highest BCUT2D eigenvalue weighted by Gasteiger charge is 2.36. The summed E-state index contributed by atoms with van der Waals surface area (Å²) in [5.74, 6) is 1.82. The van der Waals surface area contributed by atoms with Crippen LogP contribution < -0.4 is 5.73 Å². The van der Waals surface area contributed by atoms with Crippen molar-refractivity contribution in [2.45, 2.75) is 253 Å². The number of nitrogen functional groups attached to an aromatic ring is 1. The van der Waals surface area contributed by atoms with Crippen molar-refractivity contribution in [2.75, 3.05) is 5.73 Å². The van der Waals surface area contributed by atoms with Gasteiger partial charge in [0.2, 0.25) is 0 Å². The average molecular weight is 1330 g/mol. The Morgan fingerprint density at radius 1 is 0.388 bits per heavy atom. The van der Waals surface area contributed by atoms with Gasteiger partial charge in [-0.2, -0.15) is 30.6 Å². The zero-order valence-electron chi connectivity index (χ0n) is 63.0. The lowest BCUT2D eigenvalue weighted by molar-refractivity contribution is 0.522. The van der Waals surface area contributed by atoms with E-state index in [0.717, 1.165) is 74.0 Å². The van der Waals surface area contributed by atoms with Crippen LogP contribution in [-0.2, 0) is 46.6 Å². The SMILES string of the molecule is CC(C)(C)c1c(C2CC2)ccc2[nH]nc(N)c12.CC(C)(C)c1c(F)ccc2cnn(C3CC3)c12.Cc1ccc2cnn(C)c2c1C(C)(C)C.Cc1ccc2cnn(C3CC3)c2c1C(C)(C)C.Cc1ccc2n[nH]c(C3CC3)c2c1C(C)(C)C.Cn1ncc2ccc(F)c(C(C)(C)C)c21. The number of hydrogen-bond acceptors (Lipinski definition) is 7. The van der Waals surface area contributed by atoms with Gasteiger partial charge in [0.25, 0.3) is 0 Å². The molecule has 4 saturated carbocycles. The number of fused-ring (bicyclic) bond motifs is 6. The van der Waals surface area contributed by atoms with Gasteiger partial charge in [0.05, 0.1) is 70.0 Å². The molecule has 6 aromatic heterocycles. The number of nitrogens with zero attached hydrogens (tertiary/aromatic N) is 10. The Bertz CT molecular complexity index is 4540. The molecule has 12 aromatic rings. The summed E-state index contributed by atoms with van der Waals surface area (Å²) in [6.45, 7) is 46.0. The van der Waals surface area contributed by atoms with Gasteiger partial charge in [-0.15, -0.1) is 0 Å². The topological polar surface area (TPSA) is 155 Å². The molecule has 0 bridgehead atoms. The highest BCUT2D eigenvalue weighted by atomic mass is 19.1. The lowest BCUT2D eigenvalue weighted by atomic mass is 9.80. The van der Waals surface area contributed by atoms with Crippen molar-refractivity contribution in [3.8, 4) is 0 Å². The molecule has 4 aliphatic rings. The third-order valence-electron chi connectivity index (χ3n) is 19.7. The van der Waals surface area contributed by atoms with Gasteiger partial charge in [0.15, 0.2) is 5.82 Å². The minimum absolute atomic E-state index is 0.107. The second-order valence-electron chi connectivity index (χ2n) is 34.7. The van der Waals surface area contributed by atoms with Crippen molar-refractivity contribution in [2.24, 2.45) is 14.1 Å². The Morgan fingerprint density at radius 2 is 0.765 bits per heavy atom. The van der Waals surface area contributed by atoms with Crippen LogP contribution >= 0.6 is 0 Å². The van der Waals surface area contributed by atoms with Crippen LogP contribution in [0.2, 0.25) is 0 Å². The van der Waals surface area contributed by atoms with E-state index in [-0.39, 0.29) is 44.1 Å². The van der Waals surface area contributed by atoms with Crippen LogP contribution in [0.1, 0.15) is 261 Å². The number of H-pyrrole nitrogens is 2. The van der Waals surface area contributed by atoms with Gasteiger partial charge in [-0.25, -0.2) is 8.78 Å². The summed E-state index contributed by atoms with van der Waals surface area (Å²) in [6, 6.07) is 25.3. The summed E-state index contributed by atoms with van der Waals surface area (Å²) in [5, 5.41) is 39.5. The molecule has 15 heteroatoms. The van der Waals surface area contributed by atoms with E-state index in [0.29, 0.717) is 17.9 Å². The first-order valence-electron chi connectivity index (χ1n) is 35.7. The van der Waals surface area contributed by atoms with E-state index in [1.54, 1.807) is 23.0 Å². The first-order valence-corrected chi connectivity index (χ1v) is 35.7. The molecule has 98 heavy (non-hydrogen) atoms. The van der Waals surface area contributed by atoms with Crippen molar-refractivity contribution in [3.63, 3.8) is 0 Å². The lowest BCUT2D eigenvalue weighted by Gasteiger charge is -2.24. The van der Waals surface area contributed by atoms with Gasteiger partial charge in [0.1, 0.15) is 11.6 Å². The number of halogens is 2. The van der Waals surface area contributed by atoms with Gasteiger partial charge in [-0.05, 0) is 191 Å². The summed E-state index contributed by atoms with van der Waals surface area (Å²) in [5.41, 5.74) is 27.1. The number of rotatable bonds is 4. The second-order valence-corrected chi connectivity index (χ2v) is 34.7. The van der Waals surface area contributed by atoms with Crippen molar-refractivity contribution >= 4 is 71.2 Å². The van der Waals surface area contributed by atoms with Crippen molar-refractivity contribution in [1.29, 1.82) is 0 Å². The number of nitrogens with two attached hydrogens (primary N) is 1. The van der Waals surface area contributed by atoms with E-state index in [1.165, 1.54) is 122 Å². The summed E-state index contributed by atoms with van der Waals surface area (Å²) in [6.07, 6.45) is 17.7. The average Bonchev–Trinajstić information content (AvgIpc) is 1.65.